The number of ether oxygens (including phenoxy) is 1. The Morgan fingerprint density at radius 1 is 1.08 bits per heavy atom. The molecule has 0 aliphatic carbocycles. The fourth-order valence-corrected chi connectivity index (χ4v) is 3.28. The van der Waals surface area contributed by atoms with E-state index in [0.717, 1.165) is 34.9 Å². The standard InChI is InChI=1S/C20H24ClN3O2/c1-14-11-18(19(26-3)12-15(14)2)22-20(25)24-9-7-23(8-10-24)17-6-4-5-16(21)13-17/h4-6,11-13H,7-10H2,1-3H3,(H,22,25). The lowest BCUT2D eigenvalue weighted by molar-refractivity contribution is 0.208. The third kappa shape index (κ3) is 4.05. The summed E-state index contributed by atoms with van der Waals surface area (Å²) in [7, 11) is 1.61. The van der Waals surface area contributed by atoms with E-state index in [1.54, 1.807) is 7.11 Å². The predicted molar refractivity (Wildman–Crippen MR) is 107 cm³/mol. The number of aryl methyl sites for hydroxylation is 2. The average Bonchev–Trinajstić information content (AvgIpc) is 2.64. The van der Waals surface area contributed by atoms with Gasteiger partial charge in [0.05, 0.1) is 12.8 Å². The van der Waals surface area contributed by atoms with E-state index in [1.165, 1.54) is 0 Å². The number of hydrogen-bond acceptors (Lipinski definition) is 3. The van der Waals surface area contributed by atoms with Gasteiger partial charge in [0, 0.05) is 36.9 Å². The molecule has 6 heteroatoms. The van der Waals surface area contributed by atoms with Crippen molar-refractivity contribution in [1.29, 1.82) is 0 Å². The Hall–Kier alpha value is -2.40. The highest BCUT2D eigenvalue weighted by Gasteiger charge is 2.22. The molecule has 0 spiro atoms. The topological polar surface area (TPSA) is 44.8 Å². The Balaban J connectivity index is 1.63. The first-order chi connectivity index (χ1) is 12.5. The molecule has 1 fully saturated rings. The minimum atomic E-state index is -0.0997. The van der Waals surface area contributed by atoms with E-state index in [2.05, 4.69) is 10.2 Å². The van der Waals surface area contributed by atoms with Crippen molar-refractivity contribution in [1.82, 2.24) is 4.90 Å². The Labute approximate surface area is 159 Å². The molecule has 0 aromatic heterocycles. The number of amides is 2. The number of urea groups is 1. The Bertz CT molecular complexity index is 802. The van der Waals surface area contributed by atoms with Gasteiger partial charge in [-0.2, -0.15) is 0 Å². The lowest BCUT2D eigenvalue weighted by atomic mass is 10.1. The van der Waals surface area contributed by atoms with Crippen LogP contribution >= 0.6 is 11.6 Å². The van der Waals surface area contributed by atoms with Crippen LogP contribution in [0, 0.1) is 13.8 Å². The molecule has 0 unspecified atom stereocenters. The van der Waals surface area contributed by atoms with Crippen LogP contribution in [0.3, 0.4) is 0 Å². The molecule has 0 atom stereocenters. The highest BCUT2D eigenvalue weighted by molar-refractivity contribution is 6.30. The molecule has 2 aromatic carbocycles. The summed E-state index contributed by atoms with van der Waals surface area (Å²) in [6.45, 7) is 6.92. The summed E-state index contributed by atoms with van der Waals surface area (Å²) in [5.74, 6) is 0.680. The Morgan fingerprint density at radius 3 is 2.42 bits per heavy atom. The summed E-state index contributed by atoms with van der Waals surface area (Å²) in [6, 6.07) is 11.6. The molecule has 2 aromatic rings. The van der Waals surface area contributed by atoms with Crippen molar-refractivity contribution in [2.45, 2.75) is 13.8 Å². The van der Waals surface area contributed by atoms with Crippen LogP contribution in [0.2, 0.25) is 5.02 Å². The van der Waals surface area contributed by atoms with E-state index in [4.69, 9.17) is 16.3 Å². The molecule has 1 N–H and O–H groups in total. The quantitative estimate of drug-likeness (QED) is 0.871. The monoisotopic (exact) mass is 373 g/mol. The van der Waals surface area contributed by atoms with E-state index >= 15 is 0 Å². The molecule has 5 nitrogen and oxygen atoms in total. The molecule has 0 saturated carbocycles. The molecule has 2 amide bonds. The first kappa shape index (κ1) is 18.4. The number of nitrogens with one attached hydrogen (secondary N) is 1. The van der Waals surface area contributed by atoms with Crippen molar-refractivity contribution in [3.05, 3.63) is 52.5 Å². The van der Waals surface area contributed by atoms with Crippen molar-refractivity contribution in [3.63, 3.8) is 0 Å². The van der Waals surface area contributed by atoms with Crippen LogP contribution in [-0.2, 0) is 0 Å². The van der Waals surface area contributed by atoms with E-state index in [1.807, 2.05) is 55.1 Å². The third-order valence-corrected chi connectivity index (χ3v) is 5.03. The zero-order valence-electron chi connectivity index (χ0n) is 15.4. The van der Waals surface area contributed by atoms with Crippen LogP contribution < -0.4 is 15.0 Å². The van der Waals surface area contributed by atoms with Gasteiger partial charge in [-0.1, -0.05) is 17.7 Å². The second kappa shape index (κ2) is 7.87. The van der Waals surface area contributed by atoms with E-state index in [-0.39, 0.29) is 6.03 Å². The van der Waals surface area contributed by atoms with Gasteiger partial charge >= 0.3 is 6.03 Å². The maximum Gasteiger partial charge on any atom is 0.322 e. The molecule has 1 aliphatic rings. The first-order valence-corrected chi connectivity index (χ1v) is 9.07. The maximum atomic E-state index is 12.6. The van der Waals surface area contributed by atoms with Gasteiger partial charge in [-0.05, 0) is 55.3 Å². The maximum absolute atomic E-state index is 12.6. The van der Waals surface area contributed by atoms with Gasteiger partial charge in [0.25, 0.3) is 0 Å². The van der Waals surface area contributed by atoms with Crippen molar-refractivity contribution < 1.29 is 9.53 Å². The third-order valence-electron chi connectivity index (χ3n) is 4.80. The van der Waals surface area contributed by atoms with Gasteiger partial charge in [0.2, 0.25) is 0 Å². The van der Waals surface area contributed by atoms with Gasteiger partial charge in [-0.15, -0.1) is 0 Å². The number of methoxy groups -OCH3 is 1. The summed E-state index contributed by atoms with van der Waals surface area (Å²) < 4.78 is 5.40. The zero-order chi connectivity index (χ0) is 18.7. The van der Waals surface area contributed by atoms with Gasteiger partial charge in [-0.3, -0.25) is 0 Å². The normalized spacial score (nSPS) is 14.3. The van der Waals surface area contributed by atoms with Gasteiger partial charge in [-0.25, -0.2) is 4.79 Å². The smallest absolute Gasteiger partial charge is 0.322 e. The number of anilines is 2. The highest BCUT2D eigenvalue weighted by Crippen LogP contribution is 2.28. The summed E-state index contributed by atoms with van der Waals surface area (Å²) >= 11 is 6.07. The SMILES string of the molecule is COc1cc(C)c(C)cc1NC(=O)N1CCN(c2cccc(Cl)c2)CC1. The van der Waals surface area contributed by atoms with E-state index < -0.39 is 0 Å². The molecule has 0 radical (unpaired) electrons. The van der Waals surface area contributed by atoms with Gasteiger partial charge in [0.15, 0.2) is 0 Å². The van der Waals surface area contributed by atoms with Crippen molar-refractivity contribution in [2.75, 3.05) is 43.5 Å². The number of carbonyl (C=O) groups excluding carboxylic acids is 1. The largest absolute Gasteiger partial charge is 0.495 e. The minimum Gasteiger partial charge on any atom is -0.495 e. The number of nitrogens with zero attached hydrogens (tertiary/aromatic N) is 2. The fraction of sp³-hybridized carbons (Fsp3) is 0.350. The first-order valence-electron chi connectivity index (χ1n) is 8.69. The molecule has 1 saturated heterocycles. The van der Waals surface area contributed by atoms with E-state index in [9.17, 15) is 4.79 Å². The minimum absolute atomic E-state index is 0.0997. The average molecular weight is 374 g/mol. The number of halogens is 1. The summed E-state index contributed by atoms with van der Waals surface area (Å²) in [6.07, 6.45) is 0. The number of benzene rings is 2. The highest BCUT2D eigenvalue weighted by atomic mass is 35.5. The number of hydrogen-bond donors (Lipinski definition) is 1. The van der Waals surface area contributed by atoms with Crippen molar-refractivity contribution >= 4 is 29.0 Å². The Morgan fingerprint density at radius 2 is 1.77 bits per heavy atom. The lowest BCUT2D eigenvalue weighted by Gasteiger charge is -2.36. The molecule has 0 bridgehead atoms. The fourth-order valence-electron chi connectivity index (χ4n) is 3.09. The summed E-state index contributed by atoms with van der Waals surface area (Å²) in [5.41, 5.74) is 4.05. The molecule has 3 rings (SSSR count). The van der Waals surface area contributed by atoms with Crippen LogP contribution in [0.1, 0.15) is 11.1 Å². The second-order valence-corrected chi connectivity index (χ2v) is 6.96. The second-order valence-electron chi connectivity index (χ2n) is 6.52. The van der Waals surface area contributed by atoms with Gasteiger partial charge < -0.3 is 19.9 Å². The van der Waals surface area contributed by atoms with Gasteiger partial charge in [0.1, 0.15) is 5.75 Å². The lowest BCUT2D eigenvalue weighted by Crippen LogP contribution is -2.50. The molecule has 138 valence electrons. The molecule has 26 heavy (non-hydrogen) atoms. The number of carbonyl (C=O) groups is 1. The predicted octanol–water partition coefficient (Wildman–Crippen LogP) is 4.32. The van der Waals surface area contributed by atoms with Crippen molar-refractivity contribution in [2.24, 2.45) is 0 Å². The van der Waals surface area contributed by atoms with Crippen LogP contribution in [0.25, 0.3) is 0 Å². The van der Waals surface area contributed by atoms with Crippen molar-refractivity contribution in [3.8, 4) is 5.75 Å². The molecule has 1 aliphatic heterocycles. The Kier molecular flexibility index (Phi) is 5.57. The molecule has 1 heterocycles. The molecular weight excluding hydrogens is 350 g/mol. The van der Waals surface area contributed by atoms with Crippen LogP contribution in [0.5, 0.6) is 5.75 Å². The number of rotatable bonds is 3. The number of piperazine rings is 1. The summed E-state index contributed by atoms with van der Waals surface area (Å²) in [4.78, 5) is 16.7. The van der Waals surface area contributed by atoms with E-state index in [0.29, 0.717) is 24.5 Å². The van der Waals surface area contributed by atoms with Crippen LogP contribution in [0.4, 0.5) is 16.2 Å². The zero-order valence-corrected chi connectivity index (χ0v) is 16.1. The van der Waals surface area contributed by atoms with Crippen LogP contribution in [0.15, 0.2) is 36.4 Å². The summed E-state index contributed by atoms with van der Waals surface area (Å²) in [5, 5.41) is 3.71. The molecular formula is C20H24ClN3O2. The van der Waals surface area contributed by atoms with Crippen LogP contribution in [-0.4, -0.2) is 44.2 Å².